The second kappa shape index (κ2) is 27.3. The fourth-order valence-electron chi connectivity index (χ4n) is 10.2. The fraction of sp³-hybridized carbons (Fsp3) is 0.235. The van der Waals surface area contributed by atoms with Crippen molar-refractivity contribution < 1.29 is 56.7 Å². The molecule has 0 saturated heterocycles. The van der Waals surface area contributed by atoms with Gasteiger partial charge in [-0.3, -0.25) is 4.79 Å². The number of fused-ring (bicyclic) bond motifs is 5. The van der Waals surface area contributed by atoms with E-state index in [-0.39, 0.29) is 51.5 Å². The minimum Gasteiger partial charge on any atom is -0.491 e. The van der Waals surface area contributed by atoms with Gasteiger partial charge in [-0.1, -0.05) is 122 Å². The molecule has 0 aliphatic heterocycles. The quantitative estimate of drug-likeness (QED) is 0.00784. The number of carbonyl (C=O) groups excluding carboxylic acids is 4. The lowest BCUT2D eigenvalue weighted by molar-refractivity contribution is -0.149. The van der Waals surface area contributed by atoms with Crippen LogP contribution in [0, 0.1) is 17.8 Å². The summed E-state index contributed by atoms with van der Waals surface area (Å²) >= 11 is 0. The zero-order valence-corrected chi connectivity index (χ0v) is 45.2. The Morgan fingerprint density at radius 2 is 1.22 bits per heavy atom. The molecule has 13 nitrogen and oxygen atoms in total. The van der Waals surface area contributed by atoms with Crippen molar-refractivity contribution in [2.45, 2.75) is 45.1 Å². The molecule has 8 aromatic carbocycles. The van der Waals surface area contributed by atoms with Crippen molar-refractivity contribution in [3.63, 3.8) is 0 Å². The van der Waals surface area contributed by atoms with Gasteiger partial charge in [0.2, 0.25) is 5.83 Å². The lowest BCUT2D eigenvalue weighted by Crippen LogP contribution is -2.22. The van der Waals surface area contributed by atoms with E-state index in [0.29, 0.717) is 64.2 Å². The second-order valence-electron chi connectivity index (χ2n) is 20.2. The zero-order chi connectivity index (χ0) is 56.6. The summed E-state index contributed by atoms with van der Waals surface area (Å²) in [6.45, 7) is 4.18. The van der Waals surface area contributed by atoms with Crippen LogP contribution in [0.4, 0.5) is 4.39 Å². The first-order chi connectivity index (χ1) is 40.1. The van der Waals surface area contributed by atoms with Crippen LogP contribution >= 0.6 is 0 Å². The summed E-state index contributed by atoms with van der Waals surface area (Å²) < 4.78 is 51.9. The number of nitrogens with zero attached hydrogens (tertiary/aromatic N) is 2. The minimum absolute atomic E-state index is 0.0165. The van der Waals surface area contributed by atoms with E-state index >= 15 is 0 Å². The molecule has 2 aliphatic carbocycles. The Balaban J connectivity index is 0.751. The topological polar surface area (TPSA) is 158 Å². The lowest BCUT2D eigenvalue weighted by Gasteiger charge is -2.16. The highest BCUT2D eigenvalue weighted by Crippen LogP contribution is 2.44. The van der Waals surface area contributed by atoms with Crippen LogP contribution in [-0.2, 0) is 48.0 Å². The Morgan fingerprint density at radius 1 is 0.549 bits per heavy atom. The Morgan fingerprint density at radius 3 is 1.94 bits per heavy atom. The van der Waals surface area contributed by atoms with Crippen LogP contribution in [0.25, 0.3) is 32.3 Å². The van der Waals surface area contributed by atoms with E-state index in [1.54, 1.807) is 42.6 Å². The Hall–Kier alpha value is -9.27. The highest BCUT2D eigenvalue weighted by Gasteiger charge is 2.40. The van der Waals surface area contributed by atoms with Crippen molar-refractivity contribution in [1.29, 1.82) is 0 Å². The van der Waals surface area contributed by atoms with Crippen molar-refractivity contribution in [3.05, 3.63) is 227 Å². The second-order valence-corrected chi connectivity index (χ2v) is 20.2. The number of aryl methyl sites for hydroxylation is 1. The van der Waals surface area contributed by atoms with Crippen LogP contribution in [0.2, 0.25) is 0 Å². The Kier molecular flexibility index (Phi) is 18.6. The molecule has 1 fully saturated rings. The van der Waals surface area contributed by atoms with Gasteiger partial charge >= 0.3 is 23.9 Å². The van der Waals surface area contributed by atoms with Crippen LogP contribution in [-0.4, -0.2) is 69.7 Å². The summed E-state index contributed by atoms with van der Waals surface area (Å²) in [7, 11) is 0. The van der Waals surface area contributed by atoms with Gasteiger partial charge in [-0.15, -0.1) is 5.10 Å². The highest BCUT2D eigenvalue weighted by molar-refractivity contribution is 6.05. The summed E-state index contributed by atoms with van der Waals surface area (Å²) in [6, 6.07) is 51.3. The van der Waals surface area contributed by atoms with Crippen LogP contribution < -0.4 is 19.6 Å². The summed E-state index contributed by atoms with van der Waals surface area (Å²) in [5.41, 5.74) is 4.27. The van der Waals surface area contributed by atoms with Crippen LogP contribution in [0.1, 0.15) is 68.7 Å². The third-order valence-corrected chi connectivity index (χ3v) is 14.6. The van der Waals surface area contributed by atoms with Crippen molar-refractivity contribution in [1.82, 2.24) is 0 Å². The maximum absolute atomic E-state index is 13.8. The molecule has 1 saturated carbocycles. The summed E-state index contributed by atoms with van der Waals surface area (Å²) in [5.74, 6) is -0.792. The average Bonchev–Trinajstić information content (AvgIpc) is 4.29. The van der Waals surface area contributed by atoms with Crippen molar-refractivity contribution >= 4 is 62.4 Å². The number of hydrogen-bond acceptors (Lipinski definition) is 13. The molecular weight excluding hydrogens is 1040 g/mol. The molecule has 416 valence electrons. The number of benzene rings is 7. The molecule has 3 atom stereocenters. The van der Waals surface area contributed by atoms with Gasteiger partial charge in [0.15, 0.2) is 0 Å². The number of esters is 4. The molecule has 0 heterocycles. The van der Waals surface area contributed by atoms with Crippen LogP contribution in [0.15, 0.2) is 199 Å². The van der Waals surface area contributed by atoms with Gasteiger partial charge in [-0.25, -0.2) is 14.4 Å². The van der Waals surface area contributed by atoms with Gasteiger partial charge in [0.1, 0.15) is 42.4 Å². The molecule has 10 rings (SSSR count). The molecule has 0 N–H and O–H groups in total. The molecule has 2 aliphatic rings. The first-order valence-corrected chi connectivity index (χ1v) is 27.5. The maximum atomic E-state index is 13.8. The number of carbonyl (C=O) groups is 4. The first-order valence-electron chi connectivity index (χ1n) is 27.5. The number of halogens is 1. The largest absolute Gasteiger partial charge is 0.491 e. The van der Waals surface area contributed by atoms with Crippen molar-refractivity contribution in [3.8, 4) is 17.2 Å². The monoisotopic (exact) mass is 1100 g/mol. The molecule has 0 radical (unpaired) electrons. The van der Waals surface area contributed by atoms with E-state index in [1.807, 2.05) is 115 Å². The first kappa shape index (κ1) is 56.0. The molecule has 82 heavy (non-hydrogen) atoms. The number of unbranched alkanes of at least 4 members (excludes halogenated alkanes) is 1. The van der Waals surface area contributed by atoms with E-state index in [1.165, 1.54) is 0 Å². The Labute approximate surface area is 474 Å². The van der Waals surface area contributed by atoms with Gasteiger partial charge in [-0.05, 0) is 143 Å². The van der Waals surface area contributed by atoms with Crippen LogP contribution in [0.3, 0.4) is 0 Å². The Bertz CT molecular complexity index is 3690. The molecular formula is C68H61FN2O11. The molecule has 3 unspecified atom stereocenters. The van der Waals surface area contributed by atoms with Gasteiger partial charge in [-0.2, -0.15) is 9.49 Å². The van der Waals surface area contributed by atoms with Crippen LogP contribution in [0.5, 0.6) is 17.2 Å². The molecule has 0 spiro atoms. The predicted octanol–water partition coefficient (Wildman–Crippen LogP) is 12.8. The zero-order valence-electron chi connectivity index (χ0n) is 45.2. The molecule has 2 bridgehead atoms. The normalized spacial score (nSPS) is 15.2. The van der Waals surface area contributed by atoms with E-state index in [4.69, 9.17) is 33.5 Å². The average molecular weight is 1100 g/mol. The standard InChI is InChI=1S/C68H61FN2O11/c1-45(69)65(72)80-37-35-76-34-36-77-57-26-18-48(19-27-57)44-81-59-30-25-54-40-55(41-56(62(54)42-59)43-70-71-64-60-11-4-2-9-50(60)23-24-51-10-3-5-12-61(51)64)66(73)79-33-31-47-16-28-58(29-17-47)82-67(74)52-20-13-46(14-21-52)8-6-7-32-78-68(75)63-39-49-15-22-53(63)38-49/h2-5,9-30,40-43,49,53,63H,1,6-8,31-39,44H2/b70-43+. The van der Waals surface area contributed by atoms with Crippen molar-refractivity contribution in [2.24, 2.45) is 28.0 Å². The predicted molar refractivity (Wildman–Crippen MR) is 311 cm³/mol. The number of hydrogen-bond donors (Lipinski definition) is 0. The number of rotatable bonds is 25. The third-order valence-electron chi connectivity index (χ3n) is 14.6. The van der Waals surface area contributed by atoms with Gasteiger partial charge in [0.25, 0.3) is 0 Å². The van der Waals surface area contributed by atoms with Crippen molar-refractivity contribution in [2.75, 3.05) is 39.6 Å². The summed E-state index contributed by atoms with van der Waals surface area (Å²) in [5, 5.41) is 15.6. The lowest BCUT2D eigenvalue weighted by atomic mass is 9.94. The summed E-state index contributed by atoms with van der Waals surface area (Å²) in [6.07, 6.45) is 10.9. The van der Waals surface area contributed by atoms with E-state index in [0.717, 1.165) is 81.1 Å². The minimum atomic E-state index is -1.16. The molecule has 0 amide bonds. The highest BCUT2D eigenvalue weighted by atomic mass is 19.1. The van der Waals surface area contributed by atoms with E-state index < -0.39 is 23.7 Å². The third kappa shape index (κ3) is 14.7. The number of allylic oxidation sites excluding steroid dienone is 2. The molecule has 14 heteroatoms. The van der Waals surface area contributed by atoms with Gasteiger partial charge < -0.3 is 33.2 Å². The van der Waals surface area contributed by atoms with Gasteiger partial charge in [0.05, 0.1) is 49.7 Å². The number of ether oxygens (including phenoxy) is 7. The SMILES string of the molecule is C=C(F)C(=O)OCCOCCOc1ccc(COc2ccc3cc(C(=O)OCCc4ccc(OC(=O)c5ccc(CCCCOC(=O)C6CC7C=CC6C7)cc5)cc4)cc(/C=N/N=c4c5ccccc5ccc5ccccc45)c3c2)cc1. The van der Waals surface area contributed by atoms with E-state index in [9.17, 15) is 23.6 Å². The fourth-order valence-corrected chi connectivity index (χ4v) is 10.2. The van der Waals surface area contributed by atoms with Gasteiger partial charge in [0, 0.05) is 22.8 Å². The molecule has 8 aromatic rings. The summed E-state index contributed by atoms with van der Waals surface area (Å²) in [4.78, 5) is 50.5. The maximum Gasteiger partial charge on any atom is 0.366 e. The van der Waals surface area contributed by atoms with E-state index in [2.05, 4.69) is 40.7 Å². The smallest absolute Gasteiger partial charge is 0.366 e. The molecule has 0 aromatic heterocycles.